The molecule has 2 aromatic carbocycles. The van der Waals surface area contributed by atoms with Crippen LogP contribution in [-0.2, 0) is 11.4 Å². The second-order valence-electron chi connectivity index (χ2n) is 5.60. The van der Waals surface area contributed by atoms with Crippen LogP contribution in [0.3, 0.4) is 0 Å². The van der Waals surface area contributed by atoms with Gasteiger partial charge in [0, 0.05) is 23.6 Å². The number of hydrogen-bond donors (Lipinski definition) is 0. The van der Waals surface area contributed by atoms with E-state index in [0.29, 0.717) is 5.56 Å². The lowest BCUT2D eigenvalue weighted by atomic mass is 10.0. The highest BCUT2D eigenvalue weighted by molar-refractivity contribution is 9.09. The number of fused-ring (bicyclic) bond motifs is 1. The van der Waals surface area contributed by atoms with E-state index in [1.807, 2.05) is 34.3 Å². The summed E-state index contributed by atoms with van der Waals surface area (Å²) in [6.45, 7) is 2.95. The van der Waals surface area contributed by atoms with Gasteiger partial charge < -0.3 is 4.57 Å². The minimum Gasteiger partial charge on any atom is -0.347 e. The summed E-state index contributed by atoms with van der Waals surface area (Å²) >= 11 is 2.00. The van der Waals surface area contributed by atoms with Crippen LogP contribution in [-0.4, -0.2) is 4.57 Å². The van der Waals surface area contributed by atoms with Crippen LogP contribution in [0.4, 0.5) is 17.6 Å². The number of rotatable bonds is 4. The molecule has 24 heavy (non-hydrogen) atoms. The van der Waals surface area contributed by atoms with Crippen molar-refractivity contribution in [1.29, 1.82) is 0 Å². The number of nitrogens with zero attached hydrogens (tertiary/aromatic N) is 1. The molecule has 6 heteroatoms. The standard InChI is InChI=1S/C18H14BrF4N/c1-2-6-24-7-5-12-8-11(3-4-16(12)24)13-9-14(20)17(15(21)10-13)18(19,22)23/h3-5,7-10H,2,6H2,1H3. The number of halogens is 5. The summed E-state index contributed by atoms with van der Waals surface area (Å²) < 4.78 is 56.5. The van der Waals surface area contributed by atoms with Crippen molar-refractivity contribution in [2.75, 3.05) is 0 Å². The Bertz CT molecular complexity index is 873. The van der Waals surface area contributed by atoms with Gasteiger partial charge in [0.1, 0.15) is 17.2 Å². The van der Waals surface area contributed by atoms with Crippen LogP contribution >= 0.6 is 15.9 Å². The summed E-state index contributed by atoms with van der Waals surface area (Å²) in [5.41, 5.74) is 0.529. The molecule has 0 aliphatic carbocycles. The van der Waals surface area contributed by atoms with Crippen molar-refractivity contribution >= 4 is 26.8 Å². The Morgan fingerprint density at radius 1 is 1.00 bits per heavy atom. The summed E-state index contributed by atoms with van der Waals surface area (Å²) in [6.07, 6.45) is 2.94. The van der Waals surface area contributed by atoms with Crippen molar-refractivity contribution in [2.45, 2.75) is 24.7 Å². The molecule has 126 valence electrons. The molecule has 0 N–H and O–H groups in total. The van der Waals surface area contributed by atoms with Crippen LogP contribution in [0.5, 0.6) is 0 Å². The molecule has 3 rings (SSSR count). The average Bonchev–Trinajstić information content (AvgIpc) is 2.88. The molecule has 0 unspecified atom stereocenters. The molecule has 1 nitrogen and oxygen atoms in total. The van der Waals surface area contributed by atoms with Gasteiger partial charge in [-0.05, 0) is 63.8 Å². The molecule has 3 aromatic rings. The Kier molecular flexibility index (Phi) is 4.42. The first-order chi connectivity index (χ1) is 11.3. The minimum atomic E-state index is -3.75. The fourth-order valence-corrected chi connectivity index (χ4v) is 3.20. The van der Waals surface area contributed by atoms with Crippen LogP contribution in [0.15, 0.2) is 42.6 Å². The summed E-state index contributed by atoms with van der Waals surface area (Å²) in [5, 5.41) is 0.927. The van der Waals surface area contributed by atoms with Crippen LogP contribution in [0.25, 0.3) is 22.0 Å². The molecule has 1 aromatic heterocycles. The van der Waals surface area contributed by atoms with Crippen molar-refractivity contribution in [3.8, 4) is 11.1 Å². The Hall–Kier alpha value is -1.82. The third-order valence-corrected chi connectivity index (χ3v) is 4.29. The van der Waals surface area contributed by atoms with Crippen molar-refractivity contribution < 1.29 is 17.6 Å². The zero-order valence-corrected chi connectivity index (χ0v) is 14.4. The number of hydrogen-bond acceptors (Lipinski definition) is 0. The Morgan fingerprint density at radius 3 is 2.25 bits per heavy atom. The van der Waals surface area contributed by atoms with Gasteiger partial charge in [-0.25, -0.2) is 8.78 Å². The van der Waals surface area contributed by atoms with Gasteiger partial charge in [-0.15, -0.1) is 0 Å². The van der Waals surface area contributed by atoms with Gasteiger partial charge in [-0.2, -0.15) is 8.78 Å². The van der Waals surface area contributed by atoms with Gasteiger partial charge in [0.25, 0.3) is 0 Å². The maximum absolute atomic E-state index is 14.0. The fraction of sp³-hybridized carbons (Fsp3) is 0.222. The molecule has 0 spiro atoms. The molecule has 0 saturated heterocycles. The van der Waals surface area contributed by atoms with Crippen molar-refractivity contribution in [2.24, 2.45) is 0 Å². The first kappa shape index (κ1) is 17.0. The number of aromatic nitrogens is 1. The van der Waals surface area contributed by atoms with E-state index in [4.69, 9.17) is 0 Å². The van der Waals surface area contributed by atoms with E-state index in [9.17, 15) is 17.6 Å². The lowest BCUT2D eigenvalue weighted by molar-refractivity contribution is 0.105. The molecule has 0 saturated carbocycles. The van der Waals surface area contributed by atoms with Gasteiger partial charge in [0.15, 0.2) is 0 Å². The highest BCUT2D eigenvalue weighted by atomic mass is 79.9. The van der Waals surface area contributed by atoms with Crippen LogP contribution in [0, 0.1) is 11.6 Å². The van der Waals surface area contributed by atoms with Gasteiger partial charge in [0.2, 0.25) is 0 Å². The Morgan fingerprint density at radius 2 is 1.67 bits per heavy atom. The number of alkyl halides is 3. The predicted octanol–water partition coefficient (Wildman–Crippen LogP) is 6.44. The zero-order valence-electron chi connectivity index (χ0n) is 12.8. The van der Waals surface area contributed by atoms with Crippen molar-refractivity contribution in [3.63, 3.8) is 0 Å². The average molecular weight is 400 g/mol. The fourth-order valence-electron chi connectivity index (χ4n) is 2.83. The topological polar surface area (TPSA) is 4.93 Å². The summed E-state index contributed by atoms with van der Waals surface area (Å²) in [7, 11) is 0. The lowest BCUT2D eigenvalue weighted by Crippen LogP contribution is -2.09. The van der Waals surface area contributed by atoms with Gasteiger partial charge >= 0.3 is 4.83 Å². The van der Waals surface area contributed by atoms with E-state index in [1.54, 1.807) is 12.1 Å². The maximum Gasteiger partial charge on any atom is 0.332 e. The summed E-state index contributed by atoms with van der Waals surface area (Å²) in [4.78, 5) is -3.75. The smallest absolute Gasteiger partial charge is 0.332 e. The second-order valence-corrected chi connectivity index (χ2v) is 6.59. The first-order valence-corrected chi connectivity index (χ1v) is 8.26. The normalized spacial score (nSPS) is 12.1. The van der Waals surface area contributed by atoms with Crippen LogP contribution < -0.4 is 0 Å². The summed E-state index contributed by atoms with van der Waals surface area (Å²) in [5.74, 6) is -2.56. The van der Waals surface area contributed by atoms with E-state index in [2.05, 4.69) is 11.5 Å². The van der Waals surface area contributed by atoms with Crippen molar-refractivity contribution in [3.05, 3.63) is 59.8 Å². The largest absolute Gasteiger partial charge is 0.347 e. The Labute approximate surface area is 145 Å². The van der Waals surface area contributed by atoms with Crippen LogP contribution in [0.2, 0.25) is 0 Å². The molecule has 0 aliphatic rings. The monoisotopic (exact) mass is 399 g/mol. The molecule has 0 fully saturated rings. The summed E-state index contributed by atoms with van der Waals surface area (Å²) in [6, 6.07) is 9.16. The molecule has 0 atom stereocenters. The molecule has 0 aliphatic heterocycles. The lowest BCUT2D eigenvalue weighted by Gasteiger charge is -2.13. The second kappa shape index (κ2) is 6.24. The highest BCUT2D eigenvalue weighted by Crippen LogP contribution is 2.39. The van der Waals surface area contributed by atoms with Crippen LogP contribution in [0.1, 0.15) is 18.9 Å². The third-order valence-electron chi connectivity index (χ3n) is 3.89. The quantitative estimate of drug-likeness (QED) is 0.351. The SMILES string of the molecule is CCCn1ccc2cc(-c3cc(F)c(C(F)(F)Br)c(F)c3)ccc21. The van der Waals surface area contributed by atoms with E-state index in [-0.39, 0.29) is 5.56 Å². The predicted molar refractivity (Wildman–Crippen MR) is 90.4 cm³/mol. The zero-order chi connectivity index (χ0) is 17.5. The van der Waals surface area contributed by atoms with E-state index in [1.165, 1.54) is 0 Å². The van der Waals surface area contributed by atoms with Crippen molar-refractivity contribution in [1.82, 2.24) is 4.57 Å². The molecular weight excluding hydrogens is 386 g/mol. The van der Waals surface area contributed by atoms with Gasteiger partial charge in [-0.3, -0.25) is 0 Å². The highest BCUT2D eigenvalue weighted by Gasteiger charge is 2.34. The van der Waals surface area contributed by atoms with E-state index in [0.717, 1.165) is 36.0 Å². The molecule has 0 amide bonds. The maximum atomic E-state index is 14.0. The molecule has 0 bridgehead atoms. The third kappa shape index (κ3) is 3.07. The molecular formula is C18H14BrF4N. The molecule has 1 heterocycles. The van der Waals surface area contributed by atoms with Gasteiger partial charge in [0.05, 0.1) is 0 Å². The Balaban J connectivity index is 2.08. The minimum absolute atomic E-state index is 0.218. The first-order valence-electron chi connectivity index (χ1n) is 7.46. The molecule has 0 radical (unpaired) electrons. The van der Waals surface area contributed by atoms with E-state index < -0.39 is 22.0 Å². The number of aryl methyl sites for hydroxylation is 1. The van der Waals surface area contributed by atoms with E-state index >= 15 is 0 Å². The number of benzene rings is 2. The van der Waals surface area contributed by atoms with Gasteiger partial charge in [-0.1, -0.05) is 13.0 Å².